The average molecular weight is 196 g/mol. The minimum Gasteiger partial charge on any atom is -0.497 e. The maximum absolute atomic E-state index is 9.97. The SMILES string of the molecule is COc1ccc(C(O)(CN)CN)cc1. The molecule has 0 radical (unpaired) electrons. The van der Waals surface area contributed by atoms with E-state index < -0.39 is 5.60 Å². The fourth-order valence-electron chi connectivity index (χ4n) is 1.22. The van der Waals surface area contributed by atoms with Crippen molar-refractivity contribution in [3.63, 3.8) is 0 Å². The van der Waals surface area contributed by atoms with E-state index in [-0.39, 0.29) is 13.1 Å². The lowest BCUT2D eigenvalue weighted by atomic mass is 9.94. The molecule has 4 heteroatoms. The van der Waals surface area contributed by atoms with Crippen molar-refractivity contribution in [2.45, 2.75) is 5.60 Å². The Morgan fingerprint density at radius 3 is 2.07 bits per heavy atom. The summed E-state index contributed by atoms with van der Waals surface area (Å²) in [4.78, 5) is 0. The molecule has 0 spiro atoms. The largest absolute Gasteiger partial charge is 0.497 e. The van der Waals surface area contributed by atoms with E-state index in [9.17, 15) is 5.11 Å². The molecular formula is C10H16N2O2. The molecule has 0 heterocycles. The van der Waals surface area contributed by atoms with E-state index in [0.717, 1.165) is 5.75 Å². The first-order valence-electron chi connectivity index (χ1n) is 4.43. The van der Waals surface area contributed by atoms with Crippen molar-refractivity contribution < 1.29 is 9.84 Å². The second-order valence-electron chi connectivity index (χ2n) is 3.17. The first-order chi connectivity index (χ1) is 6.66. The van der Waals surface area contributed by atoms with Crippen LogP contribution in [0.4, 0.5) is 0 Å². The Bertz CT molecular complexity index is 281. The molecular weight excluding hydrogens is 180 g/mol. The van der Waals surface area contributed by atoms with Crippen LogP contribution in [0.5, 0.6) is 5.75 Å². The van der Waals surface area contributed by atoms with Crippen LogP contribution in [-0.4, -0.2) is 25.3 Å². The molecule has 1 aromatic rings. The number of benzene rings is 1. The van der Waals surface area contributed by atoms with Gasteiger partial charge in [-0.3, -0.25) is 0 Å². The van der Waals surface area contributed by atoms with E-state index in [0.29, 0.717) is 5.56 Å². The monoisotopic (exact) mass is 196 g/mol. The van der Waals surface area contributed by atoms with E-state index in [4.69, 9.17) is 16.2 Å². The molecule has 0 saturated carbocycles. The number of hydrogen-bond acceptors (Lipinski definition) is 4. The lowest BCUT2D eigenvalue weighted by molar-refractivity contribution is 0.0554. The fraction of sp³-hybridized carbons (Fsp3) is 0.400. The van der Waals surface area contributed by atoms with E-state index in [2.05, 4.69) is 0 Å². The van der Waals surface area contributed by atoms with E-state index in [1.54, 1.807) is 31.4 Å². The summed E-state index contributed by atoms with van der Waals surface area (Å²) in [6, 6.07) is 7.06. The summed E-state index contributed by atoms with van der Waals surface area (Å²) >= 11 is 0. The van der Waals surface area contributed by atoms with E-state index in [1.165, 1.54) is 0 Å². The maximum atomic E-state index is 9.97. The molecule has 14 heavy (non-hydrogen) atoms. The smallest absolute Gasteiger partial charge is 0.118 e. The van der Waals surface area contributed by atoms with Gasteiger partial charge in [0.15, 0.2) is 0 Å². The van der Waals surface area contributed by atoms with Gasteiger partial charge in [-0.25, -0.2) is 0 Å². The van der Waals surface area contributed by atoms with Crippen molar-refractivity contribution in [3.8, 4) is 5.75 Å². The standard InChI is InChI=1S/C10H16N2O2/c1-14-9-4-2-8(3-5-9)10(13,6-11)7-12/h2-5,13H,6-7,11-12H2,1H3. The Morgan fingerprint density at radius 1 is 1.21 bits per heavy atom. The van der Waals surface area contributed by atoms with Gasteiger partial charge in [-0.2, -0.15) is 0 Å². The van der Waals surface area contributed by atoms with Crippen molar-refractivity contribution >= 4 is 0 Å². The molecule has 0 aliphatic carbocycles. The highest BCUT2D eigenvalue weighted by Crippen LogP contribution is 2.21. The van der Waals surface area contributed by atoms with Crippen molar-refractivity contribution in [3.05, 3.63) is 29.8 Å². The van der Waals surface area contributed by atoms with Crippen LogP contribution >= 0.6 is 0 Å². The van der Waals surface area contributed by atoms with Gasteiger partial charge in [-0.05, 0) is 17.7 Å². The zero-order valence-electron chi connectivity index (χ0n) is 8.23. The summed E-state index contributed by atoms with van der Waals surface area (Å²) in [6.45, 7) is 0.214. The third kappa shape index (κ3) is 2.04. The van der Waals surface area contributed by atoms with Crippen molar-refractivity contribution in [2.75, 3.05) is 20.2 Å². The van der Waals surface area contributed by atoms with Crippen LogP contribution in [-0.2, 0) is 5.60 Å². The maximum Gasteiger partial charge on any atom is 0.118 e. The highest BCUT2D eigenvalue weighted by Gasteiger charge is 2.25. The van der Waals surface area contributed by atoms with Crippen LogP contribution in [0.15, 0.2) is 24.3 Å². The molecule has 5 N–H and O–H groups in total. The van der Waals surface area contributed by atoms with E-state index >= 15 is 0 Å². The summed E-state index contributed by atoms with van der Waals surface area (Å²) in [5, 5.41) is 9.97. The van der Waals surface area contributed by atoms with Gasteiger partial charge in [0.05, 0.1) is 7.11 Å². The number of ether oxygens (including phenoxy) is 1. The summed E-state index contributed by atoms with van der Waals surface area (Å²) < 4.78 is 5.00. The molecule has 0 fully saturated rings. The van der Waals surface area contributed by atoms with Crippen LogP contribution in [0.1, 0.15) is 5.56 Å². The lowest BCUT2D eigenvalue weighted by Gasteiger charge is -2.25. The topological polar surface area (TPSA) is 81.5 Å². The van der Waals surface area contributed by atoms with Gasteiger partial charge >= 0.3 is 0 Å². The molecule has 0 bridgehead atoms. The Kier molecular flexibility index (Phi) is 3.46. The Balaban J connectivity index is 2.95. The molecule has 78 valence electrons. The summed E-state index contributed by atoms with van der Waals surface area (Å²) in [7, 11) is 1.59. The van der Waals surface area contributed by atoms with Crippen LogP contribution in [0.2, 0.25) is 0 Å². The van der Waals surface area contributed by atoms with Gasteiger partial charge < -0.3 is 21.3 Å². The van der Waals surface area contributed by atoms with Gasteiger partial charge in [0.2, 0.25) is 0 Å². The van der Waals surface area contributed by atoms with Crippen molar-refractivity contribution in [1.29, 1.82) is 0 Å². The van der Waals surface area contributed by atoms with Crippen molar-refractivity contribution in [1.82, 2.24) is 0 Å². The first kappa shape index (κ1) is 11.0. The Labute approximate surface area is 83.5 Å². The quantitative estimate of drug-likeness (QED) is 0.623. The number of rotatable bonds is 4. The second kappa shape index (κ2) is 4.41. The van der Waals surface area contributed by atoms with Gasteiger partial charge in [-0.15, -0.1) is 0 Å². The molecule has 0 unspecified atom stereocenters. The van der Waals surface area contributed by atoms with Crippen LogP contribution < -0.4 is 16.2 Å². The molecule has 4 nitrogen and oxygen atoms in total. The predicted octanol–water partition coefficient (Wildman–Crippen LogP) is -0.200. The average Bonchev–Trinajstić information content (AvgIpc) is 2.28. The molecule has 0 saturated heterocycles. The van der Waals surface area contributed by atoms with Gasteiger partial charge in [0.1, 0.15) is 11.4 Å². The Morgan fingerprint density at radius 2 is 1.71 bits per heavy atom. The molecule has 1 aromatic carbocycles. The molecule has 0 atom stereocenters. The minimum atomic E-state index is -1.13. The number of methoxy groups -OCH3 is 1. The molecule has 0 aliphatic rings. The van der Waals surface area contributed by atoms with Gasteiger partial charge in [-0.1, -0.05) is 12.1 Å². The molecule has 0 amide bonds. The number of aliphatic hydroxyl groups is 1. The minimum absolute atomic E-state index is 0.107. The van der Waals surface area contributed by atoms with Gasteiger partial charge in [0, 0.05) is 13.1 Å². The Hall–Kier alpha value is -1.10. The normalized spacial score (nSPS) is 11.4. The number of hydrogen-bond donors (Lipinski definition) is 3. The summed E-state index contributed by atoms with van der Waals surface area (Å²) in [5.41, 5.74) is 10.5. The van der Waals surface area contributed by atoms with Crippen LogP contribution in [0, 0.1) is 0 Å². The third-order valence-electron chi connectivity index (χ3n) is 2.30. The predicted molar refractivity (Wildman–Crippen MR) is 55.0 cm³/mol. The summed E-state index contributed by atoms with van der Waals surface area (Å²) in [6.07, 6.45) is 0. The molecule has 0 aromatic heterocycles. The van der Waals surface area contributed by atoms with Crippen molar-refractivity contribution in [2.24, 2.45) is 11.5 Å². The number of nitrogens with two attached hydrogens (primary N) is 2. The van der Waals surface area contributed by atoms with Gasteiger partial charge in [0.25, 0.3) is 0 Å². The molecule has 0 aliphatic heterocycles. The highest BCUT2D eigenvalue weighted by molar-refractivity contribution is 5.31. The summed E-state index contributed by atoms with van der Waals surface area (Å²) in [5.74, 6) is 0.741. The zero-order chi connectivity index (χ0) is 10.6. The lowest BCUT2D eigenvalue weighted by Crippen LogP contribution is -2.41. The first-order valence-corrected chi connectivity index (χ1v) is 4.43. The highest BCUT2D eigenvalue weighted by atomic mass is 16.5. The fourth-order valence-corrected chi connectivity index (χ4v) is 1.22. The second-order valence-corrected chi connectivity index (χ2v) is 3.17. The third-order valence-corrected chi connectivity index (χ3v) is 2.30. The van der Waals surface area contributed by atoms with E-state index in [1.807, 2.05) is 0 Å². The van der Waals surface area contributed by atoms with Crippen LogP contribution in [0.25, 0.3) is 0 Å². The zero-order valence-corrected chi connectivity index (χ0v) is 8.23. The molecule has 1 rings (SSSR count). The van der Waals surface area contributed by atoms with Crippen LogP contribution in [0.3, 0.4) is 0 Å².